The van der Waals surface area contributed by atoms with Crippen molar-refractivity contribution >= 4 is 35.5 Å². The van der Waals surface area contributed by atoms with Crippen molar-refractivity contribution in [3.8, 4) is 0 Å². The van der Waals surface area contributed by atoms with E-state index in [9.17, 15) is 18.8 Å². The Morgan fingerprint density at radius 1 is 1.00 bits per heavy atom. The van der Waals surface area contributed by atoms with Crippen LogP contribution in [0.1, 0.15) is 5.76 Å². The van der Waals surface area contributed by atoms with Crippen molar-refractivity contribution in [3.63, 3.8) is 0 Å². The van der Waals surface area contributed by atoms with Crippen LogP contribution in [0.2, 0.25) is 0 Å². The largest absolute Gasteiger partial charge is 0.441 e. The molecule has 144 valence electrons. The Morgan fingerprint density at radius 2 is 1.71 bits per heavy atom. The minimum absolute atomic E-state index is 0.149. The number of barbiturate groups is 1. The van der Waals surface area contributed by atoms with Gasteiger partial charge in [-0.3, -0.25) is 14.9 Å². The lowest BCUT2D eigenvalue weighted by Gasteiger charge is -2.26. The van der Waals surface area contributed by atoms with Crippen LogP contribution in [-0.4, -0.2) is 44.1 Å². The lowest BCUT2D eigenvalue weighted by atomic mass is 10.1. The molecule has 1 aromatic carbocycles. The summed E-state index contributed by atoms with van der Waals surface area (Å²) in [4.78, 5) is 39.8. The van der Waals surface area contributed by atoms with E-state index in [1.165, 1.54) is 18.2 Å². The van der Waals surface area contributed by atoms with Gasteiger partial charge in [0.1, 0.15) is 17.2 Å². The lowest BCUT2D eigenvalue weighted by molar-refractivity contribution is -0.122. The fourth-order valence-electron chi connectivity index (χ4n) is 3.00. The van der Waals surface area contributed by atoms with Crippen LogP contribution in [0.15, 0.2) is 46.4 Å². The number of rotatable bonds is 3. The number of hydrogen-bond acceptors (Lipinski definition) is 6. The van der Waals surface area contributed by atoms with Crippen LogP contribution in [0.4, 0.5) is 20.8 Å². The summed E-state index contributed by atoms with van der Waals surface area (Å²) >= 11 is 0. The fraction of sp³-hybridized carbons (Fsp3) is 0.211. The van der Waals surface area contributed by atoms with Crippen LogP contribution in [0.3, 0.4) is 0 Å². The van der Waals surface area contributed by atoms with Crippen molar-refractivity contribution in [1.82, 2.24) is 5.32 Å². The second-order valence-electron chi connectivity index (χ2n) is 6.21. The molecule has 2 saturated heterocycles. The first kappa shape index (κ1) is 17.9. The predicted molar refractivity (Wildman–Crippen MR) is 97.1 cm³/mol. The number of carbonyl (C=O) groups is 3. The van der Waals surface area contributed by atoms with Gasteiger partial charge in [0.15, 0.2) is 5.88 Å². The summed E-state index contributed by atoms with van der Waals surface area (Å²) in [7, 11) is 0. The van der Waals surface area contributed by atoms with Crippen molar-refractivity contribution in [2.24, 2.45) is 0 Å². The van der Waals surface area contributed by atoms with Crippen molar-refractivity contribution in [1.29, 1.82) is 0 Å². The maximum absolute atomic E-state index is 13.1. The molecule has 0 radical (unpaired) electrons. The molecule has 4 rings (SSSR count). The molecule has 28 heavy (non-hydrogen) atoms. The number of ether oxygens (including phenoxy) is 1. The zero-order chi connectivity index (χ0) is 19.7. The molecule has 0 saturated carbocycles. The molecule has 0 spiro atoms. The second kappa shape index (κ2) is 7.28. The molecular weight excluding hydrogens is 369 g/mol. The summed E-state index contributed by atoms with van der Waals surface area (Å²) in [6, 6.07) is 7.29. The molecule has 2 aliphatic heterocycles. The van der Waals surface area contributed by atoms with Gasteiger partial charge in [-0.1, -0.05) is 0 Å². The van der Waals surface area contributed by atoms with Crippen LogP contribution in [0, 0.1) is 5.82 Å². The molecule has 3 heterocycles. The number of morpholine rings is 1. The van der Waals surface area contributed by atoms with Crippen LogP contribution in [0.25, 0.3) is 6.08 Å². The molecule has 0 atom stereocenters. The Bertz CT molecular complexity index is 960. The van der Waals surface area contributed by atoms with Gasteiger partial charge in [0, 0.05) is 19.2 Å². The second-order valence-corrected chi connectivity index (χ2v) is 6.21. The summed E-state index contributed by atoms with van der Waals surface area (Å²) < 4.78 is 24.1. The van der Waals surface area contributed by atoms with E-state index in [1.54, 1.807) is 12.1 Å². The number of furan rings is 1. The Morgan fingerprint density at radius 3 is 2.43 bits per heavy atom. The molecule has 8 nitrogen and oxygen atoms in total. The monoisotopic (exact) mass is 385 g/mol. The topological polar surface area (TPSA) is 92.1 Å². The fourth-order valence-corrected chi connectivity index (χ4v) is 3.00. The molecule has 2 fully saturated rings. The van der Waals surface area contributed by atoms with Crippen LogP contribution < -0.4 is 15.1 Å². The third-order valence-electron chi connectivity index (χ3n) is 4.41. The molecular formula is C19H16FN3O5. The Kier molecular flexibility index (Phi) is 4.66. The number of urea groups is 1. The van der Waals surface area contributed by atoms with E-state index in [-0.39, 0.29) is 11.3 Å². The van der Waals surface area contributed by atoms with Gasteiger partial charge in [0.2, 0.25) is 0 Å². The molecule has 0 aliphatic carbocycles. The maximum Gasteiger partial charge on any atom is 0.335 e. The summed E-state index contributed by atoms with van der Waals surface area (Å²) in [6.07, 6.45) is 1.28. The number of halogens is 1. The van der Waals surface area contributed by atoms with Gasteiger partial charge < -0.3 is 14.1 Å². The number of hydrogen-bond donors (Lipinski definition) is 1. The molecule has 1 aromatic heterocycles. The van der Waals surface area contributed by atoms with E-state index < -0.39 is 23.7 Å². The number of nitrogens with one attached hydrogen (secondary N) is 1. The van der Waals surface area contributed by atoms with E-state index in [4.69, 9.17) is 9.15 Å². The van der Waals surface area contributed by atoms with Crippen molar-refractivity contribution in [3.05, 3.63) is 53.5 Å². The van der Waals surface area contributed by atoms with Gasteiger partial charge in [-0.05, 0) is 36.4 Å². The number of amides is 4. The molecule has 0 bridgehead atoms. The highest BCUT2D eigenvalue weighted by Gasteiger charge is 2.37. The smallest absolute Gasteiger partial charge is 0.335 e. The first-order valence-corrected chi connectivity index (χ1v) is 8.62. The molecule has 0 unspecified atom stereocenters. The first-order valence-electron chi connectivity index (χ1n) is 8.62. The number of nitrogens with zero attached hydrogens (tertiary/aromatic N) is 2. The van der Waals surface area contributed by atoms with E-state index in [0.29, 0.717) is 37.9 Å². The highest BCUT2D eigenvalue weighted by atomic mass is 19.1. The van der Waals surface area contributed by atoms with Crippen molar-refractivity contribution in [2.75, 3.05) is 36.1 Å². The van der Waals surface area contributed by atoms with Crippen LogP contribution >= 0.6 is 0 Å². The average molecular weight is 385 g/mol. The van der Waals surface area contributed by atoms with Gasteiger partial charge in [-0.25, -0.2) is 14.1 Å². The third kappa shape index (κ3) is 3.39. The zero-order valence-electron chi connectivity index (χ0n) is 14.7. The van der Waals surface area contributed by atoms with Crippen molar-refractivity contribution < 1.29 is 27.9 Å². The normalized spacial score (nSPS) is 19.3. The van der Waals surface area contributed by atoms with Crippen molar-refractivity contribution in [2.45, 2.75) is 0 Å². The minimum atomic E-state index is -0.896. The number of imide groups is 2. The standard InChI is InChI=1S/C19H16FN3O5/c20-12-1-3-13(4-2-12)23-18(25)15(17(24)21-19(23)26)11-14-5-6-16(28-14)22-7-9-27-10-8-22/h1-6,11H,7-10H2,(H,21,24,26). The average Bonchev–Trinajstić information content (AvgIpc) is 3.16. The van der Waals surface area contributed by atoms with Crippen LogP contribution in [-0.2, 0) is 14.3 Å². The highest BCUT2D eigenvalue weighted by Crippen LogP contribution is 2.25. The third-order valence-corrected chi connectivity index (χ3v) is 4.41. The van der Waals surface area contributed by atoms with Gasteiger partial charge >= 0.3 is 6.03 Å². The Labute approximate surface area is 159 Å². The van der Waals surface area contributed by atoms with E-state index in [2.05, 4.69) is 5.32 Å². The molecule has 9 heteroatoms. The molecule has 2 aromatic rings. The van der Waals surface area contributed by atoms with Gasteiger partial charge in [-0.15, -0.1) is 0 Å². The quantitative estimate of drug-likeness (QED) is 0.641. The Balaban J connectivity index is 1.61. The Hall–Kier alpha value is -3.46. The van der Waals surface area contributed by atoms with E-state index >= 15 is 0 Å². The maximum atomic E-state index is 13.1. The highest BCUT2D eigenvalue weighted by molar-refractivity contribution is 6.39. The SMILES string of the molecule is O=C1NC(=O)N(c2ccc(F)cc2)C(=O)C1=Cc1ccc(N2CCOCC2)o1. The van der Waals surface area contributed by atoms with E-state index in [0.717, 1.165) is 17.0 Å². The summed E-state index contributed by atoms with van der Waals surface area (Å²) in [5.74, 6) is -1.24. The summed E-state index contributed by atoms with van der Waals surface area (Å²) in [6.45, 7) is 2.53. The number of anilines is 2. The van der Waals surface area contributed by atoms with Crippen LogP contribution in [0.5, 0.6) is 0 Å². The van der Waals surface area contributed by atoms with Gasteiger partial charge in [0.05, 0.1) is 18.9 Å². The predicted octanol–water partition coefficient (Wildman–Crippen LogP) is 1.92. The molecule has 1 N–H and O–H groups in total. The molecule has 4 amide bonds. The minimum Gasteiger partial charge on any atom is -0.441 e. The zero-order valence-corrected chi connectivity index (χ0v) is 14.7. The lowest BCUT2D eigenvalue weighted by Crippen LogP contribution is -2.54. The summed E-state index contributed by atoms with van der Waals surface area (Å²) in [5.41, 5.74) is -0.109. The number of benzene rings is 1. The van der Waals surface area contributed by atoms with E-state index in [1.807, 2.05) is 4.90 Å². The first-order chi connectivity index (χ1) is 13.5. The van der Waals surface area contributed by atoms with Gasteiger partial charge in [-0.2, -0.15) is 0 Å². The van der Waals surface area contributed by atoms with Gasteiger partial charge in [0.25, 0.3) is 11.8 Å². The summed E-state index contributed by atoms with van der Waals surface area (Å²) in [5, 5.41) is 2.11. The molecule has 2 aliphatic rings. The number of carbonyl (C=O) groups excluding carboxylic acids is 3.